The summed E-state index contributed by atoms with van der Waals surface area (Å²) >= 11 is 5.10. The molecule has 0 bridgehead atoms. The fourth-order valence-electron chi connectivity index (χ4n) is 3.10. The van der Waals surface area contributed by atoms with Crippen LogP contribution in [0.25, 0.3) is 0 Å². The first kappa shape index (κ1) is 21.4. The molecule has 0 aromatic heterocycles. The zero-order valence-corrected chi connectivity index (χ0v) is 15.4. The molecule has 138 valence electrons. The zero-order valence-electron chi connectivity index (χ0n) is 13.7. The van der Waals surface area contributed by atoms with E-state index in [9.17, 15) is 4.57 Å². The van der Waals surface area contributed by atoms with Gasteiger partial charge < -0.3 is 20.2 Å². The average Bonchev–Trinajstić information content (AvgIpc) is 2.54. The topological polar surface area (TPSA) is 99.0 Å². The second-order valence-corrected chi connectivity index (χ2v) is 7.98. The summed E-state index contributed by atoms with van der Waals surface area (Å²) in [5, 5.41) is 12.5. The molecule has 0 saturated heterocycles. The lowest BCUT2D eigenvalue weighted by Crippen LogP contribution is -2.40. The van der Waals surface area contributed by atoms with Gasteiger partial charge in [-0.1, -0.05) is 38.5 Å². The Morgan fingerprint density at radius 1 is 1.00 bits per heavy atom. The van der Waals surface area contributed by atoms with Gasteiger partial charge in [-0.05, 0) is 25.7 Å². The van der Waals surface area contributed by atoms with Gasteiger partial charge in [0, 0.05) is 12.1 Å². The standard InChI is InChI=1S/C12H23N.C3H8ClO5P/c1-3-7-11(8-4-1)13-12-9-5-2-6-10-12;4-1-3(5)2-9-10(6,7)8/h11-13H,1-10H2;3,5H,1-2H2,(H2,6,7,8). The van der Waals surface area contributed by atoms with Gasteiger partial charge in [0.2, 0.25) is 0 Å². The van der Waals surface area contributed by atoms with Gasteiger partial charge in [0.05, 0.1) is 18.6 Å². The molecule has 23 heavy (non-hydrogen) atoms. The Morgan fingerprint density at radius 3 is 1.78 bits per heavy atom. The van der Waals surface area contributed by atoms with Gasteiger partial charge in [-0.15, -0.1) is 11.6 Å². The SMILES string of the molecule is C1CCC(NC2CCCCC2)CC1.O=P(O)(O)OCC(O)CCl. The molecule has 0 aliphatic heterocycles. The van der Waals surface area contributed by atoms with E-state index < -0.39 is 20.5 Å². The molecule has 0 aromatic carbocycles. The lowest BCUT2D eigenvalue weighted by atomic mass is 9.91. The number of halogens is 1. The lowest BCUT2D eigenvalue weighted by Gasteiger charge is -2.30. The van der Waals surface area contributed by atoms with Gasteiger partial charge in [-0.25, -0.2) is 4.57 Å². The second kappa shape index (κ2) is 11.8. The van der Waals surface area contributed by atoms with Crippen molar-refractivity contribution < 1.29 is 24.0 Å². The number of alkyl halides is 1. The van der Waals surface area contributed by atoms with Gasteiger partial charge in [0.1, 0.15) is 0 Å². The molecule has 0 heterocycles. The van der Waals surface area contributed by atoms with Crippen LogP contribution in [-0.4, -0.2) is 45.6 Å². The second-order valence-electron chi connectivity index (χ2n) is 6.43. The van der Waals surface area contributed by atoms with Crippen LogP contribution >= 0.6 is 19.4 Å². The molecule has 6 nitrogen and oxygen atoms in total. The van der Waals surface area contributed by atoms with E-state index in [0.717, 1.165) is 12.1 Å². The Labute approximate surface area is 144 Å². The van der Waals surface area contributed by atoms with E-state index in [0.29, 0.717) is 0 Å². The molecule has 2 rings (SSSR count). The van der Waals surface area contributed by atoms with Gasteiger partial charge in [0.25, 0.3) is 0 Å². The minimum Gasteiger partial charge on any atom is -0.389 e. The summed E-state index contributed by atoms with van der Waals surface area (Å²) in [5.74, 6) is -0.111. The monoisotopic (exact) mass is 371 g/mol. The number of phosphoric ester groups is 1. The Kier molecular flexibility index (Phi) is 11.0. The van der Waals surface area contributed by atoms with Crippen molar-refractivity contribution in [3.05, 3.63) is 0 Å². The third-order valence-electron chi connectivity index (χ3n) is 4.29. The third-order valence-corrected chi connectivity index (χ3v) is 5.14. The summed E-state index contributed by atoms with van der Waals surface area (Å²) in [6, 6.07) is 1.74. The molecular formula is C15H31ClNO5P. The zero-order chi connectivity index (χ0) is 17.1. The van der Waals surface area contributed by atoms with Crippen molar-refractivity contribution in [1.82, 2.24) is 5.32 Å². The molecule has 0 amide bonds. The van der Waals surface area contributed by atoms with Gasteiger partial charge >= 0.3 is 7.82 Å². The number of rotatable bonds is 6. The van der Waals surface area contributed by atoms with Crippen LogP contribution in [0.3, 0.4) is 0 Å². The highest BCUT2D eigenvalue weighted by Crippen LogP contribution is 2.35. The molecular weight excluding hydrogens is 341 g/mol. The van der Waals surface area contributed by atoms with Crippen LogP contribution in [0, 0.1) is 0 Å². The lowest BCUT2D eigenvalue weighted by molar-refractivity contribution is 0.0989. The molecule has 0 aromatic rings. The fraction of sp³-hybridized carbons (Fsp3) is 1.00. The van der Waals surface area contributed by atoms with E-state index in [2.05, 4.69) is 9.84 Å². The Hall–Kier alpha value is 0.320. The molecule has 1 unspecified atom stereocenters. The van der Waals surface area contributed by atoms with Crippen molar-refractivity contribution in [3.8, 4) is 0 Å². The molecule has 2 saturated carbocycles. The van der Waals surface area contributed by atoms with Crippen LogP contribution in [0.2, 0.25) is 0 Å². The van der Waals surface area contributed by atoms with Crippen molar-refractivity contribution >= 4 is 19.4 Å². The van der Waals surface area contributed by atoms with Crippen LogP contribution in [0.1, 0.15) is 64.2 Å². The fourth-order valence-corrected chi connectivity index (χ4v) is 3.55. The minimum atomic E-state index is -4.45. The smallest absolute Gasteiger partial charge is 0.389 e. The predicted molar refractivity (Wildman–Crippen MR) is 91.6 cm³/mol. The van der Waals surface area contributed by atoms with Gasteiger partial charge in [-0.2, -0.15) is 0 Å². The predicted octanol–water partition coefficient (Wildman–Crippen LogP) is 2.94. The van der Waals surface area contributed by atoms with Gasteiger partial charge in [-0.3, -0.25) is 4.52 Å². The Morgan fingerprint density at radius 2 is 1.43 bits per heavy atom. The Balaban J connectivity index is 0.000000241. The highest BCUT2D eigenvalue weighted by Gasteiger charge is 2.19. The maximum Gasteiger partial charge on any atom is 0.469 e. The van der Waals surface area contributed by atoms with Crippen molar-refractivity contribution in [3.63, 3.8) is 0 Å². The first-order valence-electron chi connectivity index (χ1n) is 8.61. The van der Waals surface area contributed by atoms with Crippen molar-refractivity contribution in [2.45, 2.75) is 82.4 Å². The highest BCUT2D eigenvalue weighted by molar-refractivity contribution is 7.46. The molecule has 1 atom stereocenters. The summed E-state index contributed by atoms with van der Waals surface area (Å²) in [4.78, 5) is 16.2. The largest absolute Gasteiger partial charge is 0.469 e. The molecule has 0 spiro atoms. The van der Waals surface area contributed by atoms with E-state index >= 15 is 0 Å². The molecule has 0 radical (unpaired) electrons. The number of hydrogen-bond donors (Lipinski definition) is 4. The van der Waals surface area contributed by atoms with E-state index in [1.807, 2.05) is 0 Å². The highest BCUT2D eigenvalue weighted by atomic mass is 35.5. The maximum atomic E-state index is 9.97. The molecule has 4 N–H and O–H groups in total. The number of aliphatic hydroxyl groups excluding tert-OH is 1. The van der Waals surface area contributed by atoms with E-state index in [-0.39, 0.29) is 5.88 Å². The molecule has 2 aliphatic rings. The van der Waals surface area contributed by atoms with Crippen LogP contribution in [-0.2, 0) is 9.09 Å². The number of aliphatic hydroxyl groups is 1. The average molecular weight is 372 g/mol. The molecule has 8 heteroatoms. The normalized spacial score (nSPS) is 22.3. The van der Waals surface area contributed by atoms with Crippen molar-refractivity contribution in [2.75, 3.05) is 12.5 Å². The van der Waals surface area contributed by atoms with Crippen LogP contribution < -0.4 is 5.32 Å². The quantitative estimate of drug-likeness (QED) is 0.423. The van der Waals surface area contributed by atoms with E-state index in [4.69, 9.17) is 26.5 Å². The number of nitrogens with one attached hydrogen (secondary N) is 1. The van der Waals surface area contributed by atoms with Crippen molar-refractivity contribution in [1.29, 1.82) is 0 Å². The van der Waals surface area contributed by atoms with E-state index in [1.165, 1.54) is 64.2 Å². The third kappa shape index (κ3) is 11.5. The van der Waals surface area contributed by atoms with Crippen LogP contribution in [0.4, 0.5) is 0 Å². The van der Waals surface area contributed by atoms with Crippen LogP contribution in [0.5, 0.6) is 0 Å². The minimum absolute atomic E-state index is 0.111. The summed E-state index contributed by atoms with van der Waals surface area (Å²) in [6.07, 6.45) is 13.5. The summed E-state index contributed by atoms with van der Waals surface area (Å²) in [6.45, 7) is -0.451. The molecule has 2 fully saturated rings. The first-order valence-corrected chi connectivity index (χ1v) is 10.7. The number of hydrogen-bond acceptors (Lipinski definition) is 4. The summed E-state index contributed by atoms with van der Waals surface area (Å²) < 4.78 is 13.9. The summed E-state index contributed by atoms with van der Waals surface area (Å²) in [5.41, 5.74) is 0. The maximum absolute atomic E-state index is 9.97. The number of phosphoric acid groups is 1. The van der Waals surface area contributed by atoms with E-state index in [1.54, 1.807) is 0 Å². The summed E-state index contributed by atoms with van der Waals surface area (Å²) in [7, 11) is -4.45. The van der Waals surface area contributed by atoms with Crippen molar-refractivity contribution in [2.24, 2.45) is 0 Å². The molecule has 2 aliphatic carbocycles. The Bertz CT molecular complexity index is 327. The van der Waals surface area contributed by atoms with Crippen LogP contribution in [0.15, 0.2) is 0 Å². The van der Waals surface area contributed by atoms with Gasteiger partial charge in [0.15, 0.2) is 0 Å². The first-order chi connectivity index (χ1) is 10.9.